The minimum absolute atomic E-state index is 0.00472. The van der Waals surface area contributed by atoms with Gasteiger partial charge in [-0.2, -0.15) is 0 Å². The number of thiophene rings is 1. The summed E-state index contributed by atoms with van der Waals surface area (Å²) in [6.45, 7) is 5.84. The zero-order chi connectivity index (χ0) is 18.6. The molecule has 1 aromatic carbocycles. The average molecular weight is 381 g/mol. The molecule has 5 nitrogen and oxygen atoms in total. The first-order chi connectivity index (χ1) is 11.8. The molecule has 0 spiro atoms. The zero-order valence-electron chi connectivity index (χ0n) is 14.6. The van der Waals surface area contributed by atoms with E-state index in [-0.39, 0.29) is 18.5 Å². The Labute approximate surface area is 156 Å². The molecule has 2 aromatic rings. The molecule has 134 valence electrons. The van der Waals surface area contributed by atoms with E-state index in [9.17, 15) is 9.59 Å². The first-order valence-electron chi connectivity index (χ1n) is 7.80. The normalized spacial score (nSPS) is 11.9. The largest absolute Gasteiger partial charge is 0.465 e. The molecule has 0 bridgehead atoms. The highest BCUT2D eigenvalue weighted by atomic mass is 35.5. The first-order valence-corrected chi connectivity index (χ1v) is 9.00. The molecule has 0 aliphatic carbocycles. The monoisotopic (exact) mass is 380 g/mol. The molecule has 1 amide bonds. The molecule has 0 unspecified atom stereocenters. The van der Waals surface area contributed by atoms with E-state index >= 15 is 0 Å². The summed E-state index contributed by atoms with van der Waals surface area (Å²) < 4.78 is 4.81. The van der Waals surface area contributed by atoms with E-state index in [1.807, 2.05) is 45.0 Å². The number of amides is 1. The lowest BCUT2D eigenvalue weighted by Crippen LogP contribution is -2.30. The Kier molecular flexibility index (Phi) is 6.58. The van der Waals surface area contributed by atoms with E-state index in [4.69, 9.17) is 16.3 Å². The van der Waals surface area contributed by atoms with Crippen LogP contribution in [0.3, 0.4) is 0 Å². The van der Waals surface area contributed by atoms with Crippen LogP contribution in [0.25, 0.3) is 0 Å². The fourth-order valence-electron chi connectivity index (χ4n) is 2.35. The van der Waals surface area contributed by atoms with Gasteiger partial charge in [-0.3, -0.25) is 4.79 Å². The van der Waals surface area contributed by atoms with Gasteiger partial charge in [0, 0.05) is 15.9 Å². The number of hydrogen-bond acceptors (Lipinski definition) is 5. The van der Waals surface area contributed by atoms with Crippen LogP contribution in [0.4, 0.5) is 5.00 Å². The highest BCUT2D eigenvalue weighted by Gasteiger charge is 2.21. The van der Waals surface area contributed by atoms with Crippen LogP contribution in [-0.2, 0) is 9.53 Å². The number of nitrogens with one attached hydrogen (secondary N) is 2. The number of anilines is 1. The third-order valence-electron chi connectivity index (χ3n) is 3.97. The van der Waals surface area contributed by atoms with Gasteiger partial charge in [0.15, 0.2) is 0 Å². The van der Waals surface area contributed by atoms with E-state index in [2.05, 4.69) is 10.6 Å². The van der Waals surface area contributed by atoms with Crippen LogP contribution in [0, 0.1) is 13.8 Å². The van der Waals surface area contributed by atoms with Crippen molar-refractivity contribution in [1.82, 2.24) is 5.32 Å². The number of esters is 1. The number of benzene rings is 1. The highest BCUT2D eigenvalue weighted by Crippen LogP contribution is 2.32. The molecule has 0 aliphatic heterocycles. The quantitative estimate of drug-likeness (QED) is 0.740. The molecular weight excluding hydrogens is 360 g/mol. The maximum absolute atomic E-state index is 12.2. The summed E-state index contributed by atoms with van der Waals surface area (Å²) >= 11 is 7.25. The topological polar surface area (TPSA) is 67.4 Å². The van der Waals surface area contributed by atoms with E-state index in [0.29, 0.717) is 15.6 Å². The van der Waals surface area contributed by atoms with Gasteiger partial charge < -0.3 is 15.4 Å². The summed E-state index contributed by atoms with van der Waals surface area (Å²) in [4.78, 5) is 25.2. The predicted molar refractivity (Wildman–Crippen MR) is 102 cm³/mol. The molecule has 1 atom stereocenters. The molecule has 0 radical (unpaired) electrons. The molecule has 0 fully saturated rings. The summed E-state index contributed by atoms with van der Waals surface area (Å²) in [6, 6.07) is 7.46. The van der Waals surface area contributed by atoms with Gasteiger partial charge in [-0.05, 0) is 44.0 Å². The van der Waals surface area contributed by atoms with Crippen molar-refractivity contribution in [2.24, 2.45) is 0 Å². The van der Waals surface area contributed by atoms with Crippen molar-refractivity contribution in [2.45, 2.75) is 26.8 Å². The lowest BCUT2D eigenvalue weighted by molar-refractivity contribution is -0.115. The van der Waals surface area contributed by atoms with Gasteiger partial charge in [-0.15, -0.1) is 11.3 Å². The van der Waals surface area contributed by atoms with Crippen molar-refractivity contribution < 1.29 is 14.3 Å². The second kappa shape index (κ2) is 8.47. The molecule has 0 aliphatic rings. The fourth-order valence-corrected chi connectivity index (χ4v) is 3.54. The Morgan fingerprint density at radius 2 is 1.88 bits per heavy atom. The van der Waals surface area contributed by atoms with Gasteiger partial charge in [0.2, 0.25) is 5.91 Å². The average Bonchev–Trinajstić information content (AvgIpc) is 2.86. The molecule has 25 heavy (non-hydrogen) atoms. The van der Waals surface area contributed by atoms with Crippen molar-refractivity contribution >= 4 is 39.8 Å². The van der Waals surface area contributed by atoms with Gasteiger partial charge in [0.05, 0.1) is 19.2 Å². The van der Waals surface area contributed by atoms with Crippen LogP contribution >= 0.6 is 22.9 Å². The third kappa shape index (κ3) is 4.81. The minimum Gasteiger partial charge on any atom is -0.465 e. The van der Waals surface area contributed by atoms with E-state index < -0.39 is 5.97 Å². The molecule has 0 saturated heterocycles. The zero-order valence-corrected chi connectivity index (χ0v) is 16.2. The number of carbonyl (C=O) groups is 2. The number of rotatable bonds is 6. The van der Waals surface area contributed by atoms with Crippen LogP contribution < -0.4 is 10.6 Å². The van der Waals surface area contributed by atoms with Gasteiger partial charge in [0.1, 0.15) is 5.00 Å². The summed E-state index contributed by atoms with van der Waals surface area (Å²) in [7, 11) is 1.33. The number of ether oxygens (including phenoxy) is 1. The SMILES string of the molecule is COC(=O)c1c(NC(=O)CN[C@@H](C)c2ccc(Cl)cc2)sc(C)c1C. The highest BCUT2D eigenvalue weighted by molar-refractivity contribution is 7.16. The molecule has 1 heterocycles. The summed E-state index contributed by atoms with van der Waals surface area (Å²) in [5, 5.41) is 7.15. The van der Waals surface area contributed by atoms with Crippen LogP contribution in [0.1, 0.15) is 39.3 Å². The summed E-state index contributed by atoms with van der Waals surface area (Å²) in [5.74, 6) is -0.660. The molecule has 1 aromatic heterocycles. The fraction of sp³-hybridized carbons (Fsp3) is 0.333. The van der Waals surface area contributed by atoms with Crippen LogP contribution in [0.2, 0.25) is 5.02 Å². The minimum atomic E-state index is -0.445. The van der Waals surface area contributed by atoms with Crippen molar-refractivity contribution in [3.8, 4) is 0 Å². The van der Waals surface area contributed by atoms with E-state index in [0.717, 1.165) is 16.0 Å². The number of hydrogen-bond donors (Lipinski definition) is 2. The van der Waals surface area contributed by atoms with E-state index in [1.54, 1.807) is 0 Å². The summed E-state index contributed by atoms with van der Waals surface area (Å²) in [5.41, 5.74) is 2.29. The van der Waals surface area contributed by atoms with Crippen molar-refractivity contribution in [3.63, 3.8) is 0 Å². The first kappa shape index (κ1) is 19.4. The Balaban J connectivity index is 2.00. The standard InChI is InChI=1S/C18H21ClN2O3S/c1-10-12(3)25-17(16(10)18(23)24-4)21-15(22)9-20-11(2)13-5-7-14(19)8-6-13/h5-8,11,20H,9H2,1-4H3,(H,21,22)/t11-/m0/s1. The number of aryl methyl sites for hydroxylation is 1. The van der Waals surface area contributed by atoms with Crippen molar-refractivity contribution in [3.05, 3.63) is 50.9 Å². The smallest absolute Gasteiger partial charge is 0.341 e. The Bertz CT molecular complexity index is 771. The number of methoxy groups -OCH3 is 1. The molecular formula is C18H21ClN2O3S. The lowest BCUT2D eigenvalue weighted by Gasteiger charge is -2.14. The molecule has 7 heteroatoms. The van der Waals surface area contributed by atoms with Crippen molar-refractivity contribution in [1.29, 1.82) is 0 Å². The lowest BCUT2D eigenvalue weighted by atomic mass is 10.1. The second-order valence-corrected chi connectivity index (χ2v) is 7.34. The number of halogens is 1. The van der Waals surface area contributed by atoms with Crippen LogP contribution in [0.15, 0.2) is 24.3 Å². The molecule has 0 saturated carbocycles. The predicted octanol–water partition coefficient (Wildman–Crippen LogP) is 4.09. The Hall–Kier alpha value is -1.89. The van der Waals surface area contributed by atoms with Crippen LogP contribution in [-0.4, -0.2) is 25.5 Å². The van der Waals surface area contributed by atoms with E-state index in [1.165, 1.54) is 18.4 Å². The molecule has 2 rings (SSSR count). The number of carbonyl (C=O) groups excluding carboxylic acids is 2. The van der Waals surface area contributed by atoms with Gasteiger partial charge >= 0.3 is 5.97 Å². The maximum Gasteiger partial charge on any atom is 0.341 e. The Morgan fingerprint density at radius 1 is 1.24 bits per heavy atom. The van der Waals surface area contributed by atoms with Gasteiger partial charge in [-0.1, -0.05) is 23.7 Å². The van der Waals surface area contributed by atoms with Crippen molar-refractivity contribution in [2.75, 3.05) is 19.0 Å². The second-order valence-electron chi connectivity index (χ2n) is 5.68. The van der Waals surface area contributed by atoms with Crippen LogP contribution in [0.5, 0.6) is 0 Å². The third-order valence-corrected chi connectivity index (χ3v) is 5.34. The Morgan fingerprint density at radius 3 is 2.48 bits per heavy atom. The molecule has 2 N–H and O–H groups in total. The van der Waals surface area contributed by atoms with Gasteiger partial charge in [-0.25, -0.2) is 4.79 Å². The maximum atomic E-state index is 12.2. The summed E-state index contributed by atoms with van der Waals surface area (Å²) in [6.07, 6.45) is 0. The van der Waals surface area contributed by atoms with Gasteiger partial charge in [0.25, 0.3) is 0 Å².